The van der Waals surface area contributed by atoms with Crippen molar-refractivity contribution in [3.05, 3.63) is 59.9 Å². The summed E-state index contributed by atoms with van der Waals surface area (Å²) >= 11 is 0. The van der Waals surface area contributed by atoms with Crippen LogP contribution in [0.2, 0.25) is 0 Å². The Morgan fingerprint density at radius 3 is 2.57 bits per heavy atom. The van der Waals surface area contributed by atoms with Crippen molar-refractivity contribution in [3.8, 4) is 5.75 Å². The fourth-order valence-electron chi connectivity index (χ4n) is 5.99. The number of nitrogens with zero attached hydrogens (tertiary/aromatic N) is 5. The Kier molecular flexibility index (Phi) is 11.6. The third-order valence-electron chi connectivity index (χ3n) is 8.39. The van der Waals surface area contributed by atoms with Crippen LogP contribution < -0.4 is 15.8 Å². The Labute approximate surface area is 269 Å². The molecular formula is C34H45N7O5. The fourth-order valence-corrected chi connectivity index (χ4v) is 5.99. The van der Waals surface area contributed by atoms with Crippen LogP contribution in [0.1, 0.15) is 43.5 Å². The summed E-state index contributed by atoms with van der Waals surface area (Å²) in [5, 5.41) is 13.0. The molecule has 0 spiro atoms. The van der Waals surface area contributed by atoms with E-state index in [9.17, 15) is 9.59 Å². The van der Waals surface area contributed by atoms with Gasteiger partial charge in [-0.1, -0.05) is 36.8 Å². The second-order valence-electron chi connectivity index (χ2n) is 11.7. The van der Waals surface area contributed by atoms with E-state index in [4.69, 9.17) is 25.3 Å². The molecule has 5 rings (SSSR count). The molecule has 2 amide bonds. The quantitative estimate of drug-likeness (QED) is 0.154. The van der Waals surface area contributed by atoms with E-state index in [1.165, 1.54) is 19.3 Å². The number of ether oxygens (including phenoxy) is 2. The number of anilines is 1. The molecule has 3 heterocycles. The van der Waals surface area contributed by atoms with Gasteiger partial charge in [0.25, 0.3) is 0 Å². The highest BCUT2D eigenvalue weighted by molar-refractivity contribution is 6.06. The van der Waals surface area contributed by atoms with E-state index in [2.05, 4.69) is 25.8 Å². The lowest BCUT2D eigenvalue weighted by atomic mass is 10.1. The molecule has 0 saturated carbocycles. The summed E-state index contributed by atoms with van der Waals surface area (Å²) in [4.78, 5) is 38.0. The number of nitrogens with two attached hydrogens (primary N) is 1. The molecule has 246 valence electrons. The highest BCUT2D eigenvalue weighted by Gasteiger charge is 2.19. The average Bonchev–Trinajstić information content (AvgIpc) is 3.44. The minimum absolute atomic E-state index is 0.0954. The Bertz CT molecular complexity index is 1600. The highest BCUT2D eigenvalue weighted by Crippen LogP contribution is 2.29. The third kappa shape index (κ3) is 8.64. The topological polar surface area (TPSA) is 148 Å². The first-order chi connectivity index (χ1) is 22.4. The van der Waals surface area contributed by atoms with Crippen molar-refractivity contribution in [1.82, 2.24) is 29.7 Å². The SMILES string of the molecule is COCCc1nc2c(N)nc3ccccc3c2n1CCCCNC(=O)N(CCN1CCCCC1)Cc1ccc(OCC(=O)O)cc1. The van der Waals surface area contributed by atoms with Gasteiger partial charge in [-0.05, 0) is 62.5 Å². The van der Waals surface area contributed by atoms with Crippen LogP contribution in [0, 0.1) is 0 Å². The molecule has 0 atom stereocenters. The molecule has 1 aliphatic rings. The molecule has 0 aliphatic carbocycles. The first-order valence-corrected chi connectivity index (χ1v) is 16.1. The van der Waals surface area contributed by atoms with Crippen molar-refractivity contribution in [2.45, 2.75) is 51.6 Å². The predicted molar refractivity (Wildman–Crippen MR) is 178 cm³/mol. The number of carbonyl (C=O) groups is 2. The van der Waals surface area contributed by atoms with Crippen LogP contribution in [0.15, 0.2) is 48.5 Å². The van der Waals surface area contributed by atoms with Crippen molar-refractivity contribution >= 4 is 39.8 Å². The normalized spacial score (nSPS) is 13.7. The lowest BCUT2D eigenvalue weighted by Gasteiger charge is -2.30. The fraction of sp³-hybridized carbons (Fsp3) is 0.471. The summed E-state index contributed by atoms with van der Waals surface area (Å²) in [5.41, 5.74) is 9.82. The Hall–Kier alpha value is -4.42. The zero-order valence-corrected chi connectivity index (χ0v) is 26.6. The molecule has 1 aliphatic heterocycles. The van der Waals surface area contributed by atoms with Gasteiger partial charge in [-0.25, -0.2) is 19.6 Å². The molecule has 0 bridgehead atoms. The van der Waals surface area contributed by atoms with Crippen molar-refractivity contribution in [2.24, 2.45) is 0 Å². The number of piperidine rings is 1. The van der Waals surface area contributed by atoms with Crippen LogP contribution in [0.3, 0.4) is 0 Å². The maximum atomic E-state index is 13.4. The number of carbonyl (C=O) groups excluding carboxylic acids is 1. The number of carboxylic acids is 1. The number of rotatable bonds is 16. The average molecular weight is 632 g/mol. The van der Waals surface area contributed by atoms with Gasteiger partial charge >= 0.3 is 12.0 Å². The number of para-hydroxylation sites is 1. The number of nitrogens with one attached hydrogen (secondary N) is 1. The Morgan fingerprint density at radius 2 is 1.80 bits per heavy atom. The lowest BCUT2D eigenvalue weighted by molar-refractivity contribution is -0.139. The summed E-state index contributed by atoms with van der Waals surface area (Å²) in [7, 11) is 1.68. The van der Waals surface area contributed by atoms with Gasteiger partial charge in [-0.15, -0.1) is 0 Å². The molecule has 46 heavy (non-hydrogen) atoms. The standard InChI is InChI=1S/C34H45N7O5/c1-45-22-15-29-38-31-32(27-9-3-4-10-28(27)37-33(31)35)41(29)19-8-5-16-36-34(44)40(21-20-39-17-6-2-7-18-39)23-25-11-13-26(14-12-25)46-24-30(42)43/h3-4,9-14H,2,5-8,15-24H2,1H3,(H2,35,37)(H,36,44)(H,42,43). The number of pyridine rings is 1. The van der Waals surface area contributed by atoms with Crippen molar-refractivity contribution < 1.29 is 24.2 Å². The molecular weight excluding hydrogens is 586 g/mol. The lowest BCUT2D eigenvalue weighted by Crippen LogP contribution is -2.44. The molecule has 1 saturated heterocycles. The van der Waals surface area contributed by atoms with Gasteiger partial charge in [-0.2, -0.15) is 0 Å². The van der Waals surface area contributed by atoms with Crippen LogP contribution >= 0.6 is 0 Å². The summed E-state index contributed by atoms with van der Waals surface area (Å²) in [6.45, 7) is 5.47. The second-order valence-corrected chi connectivity index (χ2v) is 11.7. The van der Waals surface area contributed by atoms with Gasteiger partial charge in [0.05, 0.1) is 17.6 Å². The number of likely N-dealkylation sites (tertiary alicyclic amines) is 1. The summed E-state index contributed by atoms with van der Waals surface area (Å²) in [6, 6.07) is 15.1. The molecule has 12 heteroatoms. The number of aryl methyl sites for hydroxylation is 1. The number of hydrogen-bond donors (Lipinski definition) is 3. The first kappa shape index (κ1) is 33.0. The van der Waals surface area contributed by atoms with Crippen molar-refractivity contribution in [3.63, 3.8) is 0 Å². The minimum atomic E-state index is -1.02. The number of imidazole rings is 1. The van der Waals surface area contributed by atoms with E-state index in [0.29, 0.717) is 49.7 Å². The van der Waals surface area contributed by atoms with E-state index in [-0.39, 0.29) is 6.03 Å². The maximum Gasteiger partial charge on any atom is 0.341 e. The van der Waals surface area contributed by atoms with Crippen LogP contribution in [0.4, 0.5) is 10.6 Å². The van der Waals surface area contributed by atoms with Gasteiger partial charge in [-0.3, -0.25) is 0 Å². The van der Waals surface area contributed by atoms with Crippen molar-refractivity contribution in [1.29, 1.82) is 0 Å². The number of unbranched alkanes of at least 4 members (excludes halogenated alkanes) is 1. The number of hydrogen-bond acceptors (Lipinski definition) is 8. The van der Waals surface area contributed by atoms with E-state index in [0.717, 1.165) is 66.8 Å². The monoisotopic (exact) mass is 631 g/mol. The van der Waals surface area contributed by atoms with Gasteiger partial charge < -0.3 is 40.0 Å². The smallest absolute Gasteiger partial charge is 0.341 e. The number of urea groups is 1. The van der Waals surface area contributed by atoms with E-state index in [1.807, 2.05) is 35.2 Å². The number of benzene rings is 2. The number of carboxylic acid groups (broad SMARTS) is 1. The Morgan fingerprint density at radius 1 is 1.02 bits per heavy atom. The van der Waals surface area contributed by atoms with Crippen LogP contribution in [0.25, 0.3) is 21.9 Å². The summed E-state index contributed by atoms with van der Waals surface area (Å²) < 4.78 is 12.8. The molecule has 0 unspecified atom stereocenters. The molecule has 4 aromatic rings. The zero-order valence-electron chi connectivity index (χ0n) is 26.6. The zero-order chi connectivity index (χ0) is 32.3. The number of nitrogen functional groups attached to an aromatic ring is 1. The number of methoxy groups -OCH3 is 1. The number of aliphatic carboxylic acids is 1. The van der Waals surface area contributed by atoms with Gasteiger partial charge in [0, 0.05) is 51.6 Å². The van der Waals surface area contributed by atoms with E-state index >= 15 is 0 Å². The van der Waals surface area contributed by atoms with E-state index in [1.54, 1.807) is 19.2 Å². The maximum absolute atomic E-state index is 13.4. The predicted octanol–water partition coefficient (Wildman–Crippen LogP) is 4.30. The highest BCUT2D eigenvalue weighted by atomic mass is 16.5. The molecule has 2 aromatic heterocycles. The number of amides is 2. The van der Waals surface area contributed by atoms with Crippen molar-refractivity contribution in [2.75, 3.05) is 58.8 Å². The van der Waals surface area contributed by atoms with Gasteiger partial charge in [0.1, 0.15) is 17.1 Å². The van der Waals surface area contributed by atoms with Crippen LogP contribution in [0.5, 0.6) is 5.75 Å². The molecule has 0 radical (unpaired) electrons. The summed E-state index contributed by atoms with van der Waals surface area (Å²) in [6.07, 6.45) is 5.95. The number of fused-ring (bicyclic) bond motifs is 3. The minimum Gasteiger partial charge on any atom is -0.482 e. The molecule has 12 nitrogen and oxygen atoms in total. The third-order valence-corrected chi connectivity index (χ3v) is 8.39. The van der Waals surface area contributed by atoms with Gasteiger partial charge in [0.15, 0.2) is 12.4 Å². The molecule has 4 N–H and O–H groups in total. The molecule has 2 aromatic carbocycles. The van der Waals surface area contributed by atoms with Crippen LogP contribution in [-0.2, 0) is 29.0 Å². The van der Waals surface area contributed by atoms with Gasteiger partial charge in [0.2, 0.25) is 0 Å². The largest absolute Gasteiger partial charge is 0.482 e. The van der Waals surface area contributed by atoms with E-state index < -0.39 is 12.6 Å². The molecule has 1 fully saturated rings. The van der Waals surface area contributed by atoms with Crippen LogP contribution in [-0.4, -0.2) is 94.5 Å². The Balaban J connectivity index is 1.21. The first-order valence-electron chi connectivity index (χ1n) is 16.1. The second kappa shape index (κ2) is 16.2. The number of aromatic nitrogens is 3. The summed E-state index contributed by atoms with van der Waals surface area (Å²) in [5.74, 6) is 0.794.